The van der Waals surface area contributed by atoms with Gasteiger partial charge in [-0.25, -0.2) is 19.3 Å². The van der Waals surface area contributed by atoms with Gasteiger partial charge in [-0.05, 0) is 12.8 Å². The van der Waals surface area contributed by atoms with Crippen molar-refractivity contribution < 1.29 is 27.9 Å². The van der Waals surface area contributed by atoms with Crippen LogP contribution in [0, 0.1) is 0 Å². The molecule has 3 aromatic rings. The van der Waals surface area contributed by atoms with Crippen LogP contribution in [-0.4, -0.2) is 66.9 Å². The lowest BCUT2D eigenvalue weighted by Gasteiger charge is -2.39. The normalized spacial score (nSPS) is 19.2. The molecule has 4 heterocycles. The van der Waals surface area contributed by atoms with Crippen LogP contribution in [0.4, 0.5) is 23.8 Å². The maximum absolute atomic E-state index is 13.3. The highest BCUT2D eigenvalue weighted by atomic mass is 32.1. The van der Waals surface area contributed by atoms with Gasteiger partial charge in [-0.2, -0.15) is 18.3 Å². The van der Waals surface area contributed by atoms with Gasteiger partial charge < -0.3 is 20.6 Å². The SMILES string of the molecule is O=C(O)NC1CCN(C(=O)c2cc(NCC(F)(F)F)ncn2)C(c2cnn3ccsc23)C1. The molecule has 10 nitrogen and oxygen atoms in total. The predicted octanol–water partition coefficient (Wildman–Crippen LogP) is 2.77. The maximum Gasteiger partial charge on any atom is 0.405 e. The number of nitrogens with one attached hydrogen (secondary N) is 2. The van der Waals surface area contributed by atoms with E-state index < -0.39 is 30.8 Å². The van der Waals surface area contributed by atoms with Crippen LogP contribution < -0.4 is 10.6 Å². The van der Waals surface area contributed by atoms with Gasteiger partial charge in [0.15, 0.2) is 0 Å². The van der Waals surface area contributed by atoms with Crippen LogP contribution in [0.2, 0.25) is 0 Å². The van der Waals surface area contributed by atoms with Crippen LogP contribution >= 0.6 is 11.3 Å². The minimum Gasteiger partial charge on any atom is -0.465 e. The quantitative estimate of drug-likeness (QED) is 0.525. The Morgan fingerprint density at radius 2 is 2.12 bits per heavy atom. The molecular formula is C18H18F3N7O3S. The lowest BCUT2D eigenvalue weighted by atomic mass is 9.93. The summed E-state index contributed by atoms with van der Waals surface area (Å²) in [5.41, 5.74) is 0.698. The van der Waals surface area contributed by atoms with Gasteiger partial charge in [-0.3, -0.25) is 4.79 Å². The van der Waals surface area contributed by atoms with Gasteiger partial charge in [-0.1, -0.05) is 0 Å². The minimum absolute atomic E-state index is 0.0612. The number of carbonyl (C=O) groups excluding carboxylic acids is 1. The second kappa shape index (κ2) is 8.61. The van der Waals surface area contributed by atoms with Crippen LogP contribution in [-0.2, 0) is 0 Å². The molecule has 0 radical (unpaired) electrons. The zero-order chi connectivity index (χ0) is 22.9. The predicted molar refractivity (Wildman–Crippen MR) is 108 cm³/mol. The second-order valence-corrected chi connectivity index (χ2v) is 8.09. The minimum atomic E-state index is -4.44. The van der Waals surface area contributed by atoms with Crippen molar-refractivity contribution >= 4 is 34.0 Å². The number of likely N-dealkylation sites (tertiary alicyclic amines) is 1. The fourth-order valence-electron chi connectivity index (χ4n) is 3.69. The number of fused-ring (bicyclic) bond motifs is 1. The summed E-state index contributed by atoms with van der Waals surface area (Å²) >= 11 is 1.43. The van der Waals surface area contributed by atoms with E-state index in [1.165, 1.54) is 17.4 Å². The molecule has 1 saturated heterocycles. The molecule has 3 aromatic heterocycles. The van der Waals surface area contributed by atoms with Gasteiger partial charge in [0.05, 0.1) is 12.2 Å². The molecule has 170 valence electrons. The Morgan fingerprint density at radius 3 is 2.88 bits per heavy atom. The van der Waals surface area contributed by atoms with Crippen LogP contribution in [0.1, 0.15) is 34.9 Å². The largest absolute Gasteiger partial charge is 0.465 e. The van der Waals surface area contributed by atoms with Crippen LogP contribution in [0.5, 0.6) is 0 Å². The molecule has 3 N–H and O–H groups in total. The molecule has 1 aliphatic rings. The number of rotatable bonds is 5. The number of aromatic nitrogens is 4. The van der Waals surface area contributed by atoms with E-state index in [2.05, 4.69) is 25.7 Å². The van der Waals surface area contributed by atoms with E-state index in [9.17, 15) is 22.8 Å². The average molecular weight is 469 g/mol. The molecule has 2 amide bonds. The number of piperidine rings is 1. The number of carboxylic acid groups (broad SMARTS) is 1. The Bertz CT molecular complexity index is 1130. The van der Waals surface area contributed by atoms with E-state index >= 15 is 0 Å². The van der Waals surface area contributed by atoms with Gasteiger partial charge in [-0.15, -0.1) is 11.3 Å². The number of halogens is 3. The molecule has 1 fully saturated rings. The Hall–Kier alpha value is -3.42. The molecule has 0 spiro atoms. The molecule has 2 unspecified atom stereocenters. The number of anilines is 1. The standard InChI is InChI=1S/C18H18F3N7O3S/c19-18(20,21)8-22-14-6-12(23-9-24-14)15(29)27-2-1-10(26-17(30)31)5-13(27)11-7-25-28-3-4-32-16(11)28/h3-4,6-7,9-10,13,26H,1-2,5,8H2,(H,30,31)(H,22,23,24). The van der Waals surface area contributed by atoms with Crippen molar-refractivity contribution in [2.75, 3.05) is 18.4 Å². The van der Waals surface area contributed by atoms with Crippen molar-refractivity contribution in [3.8, 4) is 0 Å². The number of hydrogen-bond donors (Lipinski definition) is 3. The fraction of sp³-hybridized carbons (Fsp3) is 0.389. The smallest absolute Gasteiger partial charge is 0.405 e. The summed E-state index contributed by atoms with van der Waals surface area (Å²) in [7, 11) is 0. The van der Waals surface area contributed by atoms with Crippen LogP contribution in [0.25, 0.3) is 4.83 Å². The van der Waals surface area contributed by atoms with Gasteiger partial charge in [0, 0.05) is 35.8 Å². The van der Waals surface area contributed by atoms with E-state index in [1.54, 1.807) is 21.8 Å². The number of thiazole rings is 1. The molecule has 32 heavy (non-hydrogen) atoms. The lowest BCUT2D eigenvalue weighted by molar-refractivity contribution is -0.115. The summed E-state index contributed by atoms with van der Waals surface area (Å²) in [5, 5.41) is 19.8. The third kappa shape index (κ3) is 4.74. The Morgan fingerprint density at radius 1 is 1.31 bits per heavy atom. The molecule has 4 rings (SSSR count). The van der Waals surface area contributed by atoms with E-state index in [0.29, 0.717) is 12.8 Å². The third-order valence-electron chi connectivity index (χ3n) is 5.06. The van der Waals surface area contributed by atoms with Crippen molar-refractivity contribution in [1.29, 1.82) is 0 Å². The van der Waals surface area contributed by atoms with Crippen LogP contribution in [0.3, 0.4) is 0 Å². The molecule has 0 aromatic carbocycles. The molecule has 0 bridgehead atoms. The highest BCUT2D eigenvalue weighted by molar-refractivity contribution is 7.15. The second-order valence-electron chi connectivity index (χ2n) is 7.19. The van der Waals surface area contributed by atoms with Gasteiger partial charge in [0.2, 0.25) is 0 Å². The van der Waals surface area contributed by atoms with Gasteiger partial charge in [0.1, 0.15) is 29.2 Å². The molecule has 0 aliphatic carbocycles. The van der Waals surface area contributed by atoms with Crippen molar-refractivity contribution in [1.82, 2.24) is 29.8 Å². The summed E-state index contributed by atoms with van der Waals surface area (Å²) in [6.07, 6.45) is -0.453. The molecular weight excluding hydrogens is 451 g/mol. The summed E-state index contributed by atoms with van der Waals surface area (Å²) in [6, 6.07) is 0.308. The average Bonchev–Trinajstić information content (AvgIpc) is 3.35. The molecule has 14 heteroatoms. The molecule has 1 aliphatic heterocycles. The zero-order valence-corrected chi connectivity index (χ0v) is 17.2. The zero-order valence-electron chi connectivity index (χ0n) is 16.4. The topological polar surface area (TPSA) is 125 Å². The number of alkyl halides is 3. The number of hydrogen-bond acceptors (Lipinski definition) is 7. The highest BCUT2D eigenvalue weighted by Crippen LogP contribution is 2.36. The Kier molecular flexibility index (Phi) is 5.86. The lowest BCUT2D eigenvalue weighted by Crippen LogP contribution is -2.48. The van der Waals surface area contributed by atoms with Crippen molar-refractivity contribution in [2.45, 2.75) is 31.1 Å². The van der Waals surface area contributed by atoms with Gasteiger partial charge >= 0.3 is 12.3 Å². The van der Waals surface area contributed by atoms with E-state index in [0.717, 1.165) is 16.7 Å². The Labute approximate surface area is 183 Å². The Balaban J connectivity index is 1.61. The van der Waals surface area contributed by atoms with Crippen molar-refractivity contribution in [3.63, 3.8) is 0 Å². The molecule has 0 saturated carbocycles. The van der Waals surface area contributed by atoms with Crippen molar-refractivity contribution in [3.05, 3.63) is 41.4 Å². The number of amides is 2. The monoisotopic (exact) mass is 469 g/mol. The van der Waals surface area contributed by atoms with E-state index in [-0.39, 0.29) is 24.1 Å². The van der Waals surface area contributed by atoms with Gasteiger partial charge in [0.25, 0.3) is 5.91 Å². The first-order valence-corrected chi connectivity index (χ1v) is 10.4. The summed E-state index contributed by atoms with van der Waals surface area (Å²) < 4.78 is 39.1. The summed E-state index contributed by atoms with van der Waals surface area (Å²) in [4.78, 5) is 34.5. The first-order chi connectivity index (χ1) is 15.2. The first-order valence-electron chi connectivity index (χ1n) is 9.55. The van der Waals surface area contributed by atoms with Crippen molar-refractivity contribution in [2.24, 2.45) is 0 Å². The number of carbonyl (C=O) groups is 2. The summed E-state index contributed by atoms with van der Waals surface area (Å²) in [6.45, 7) is -1.06. The maximum atomic E-state index is 13.3. The highest BCUT2D eigenvalue weighted by Gasteiger charge is 2.36. The van der Waals surface area contributed by atoms with E-state index in [4.69, 9.17) is 5.11 Å². The number of nitrogens with zero attached hydrogens (tertiary/aromatic N) is 5. The fourth-order valence-corrected chi connectivity index (χ4v) is 4.54. The summed E-state index contributed by atoms with van der Waals surface area (Å²) in [5.74, 6) is -0.608. The van der Waals surface area contributed by atoms with Crippen LogP contribution in [0.15, 0.2) is 30.2 Å². The first kappa shape index (κ1) is 21.8. The third-order valence-corrected chi connectivity index (χ3v) is 5.97. The molecule has 2 atom stereocenters. The van der Waals surface area contributed by atoms with E-state index in [1.807, 2.05) is 5.38 Å².